The maximum absolute atomic E-state index is 11.6. The zero-order chi connectivity index (χ0) is 24.5. The predicted molar refractivity (Wildman–Crippen MR) is 130 cm³/mol. The number of aliphatic hydroxyl groups is 1. The summed E-state index contributed by atoms with van der Waals surface area (Å²) >= 11 is 6.11. The van der Waals surface area contributed by atoms with Crippen LogP contribution in [0.25, 0.3) is 11.4 Å². The quantitative estimate of drug-likeness (QED) is 0.324. The highest BCUT2D eigenvalue weighted by atomic mass is 35.5. The molecule has 0 fully saturated rings. The van der Waals surface area contributed by atoms with Gasteiger partial charge in [0, 0.05) is 32.5 Å². The Hall–Kier alpha value is -4.02. The predicted octanol–water partition coefficient (Wildman–Crippen LogP) is 3.40. The van der Waals surface area contributed by atoms with Crippen LogP contribution in [0.15, 0.2) is 59.3 Å². The van der Waals surface area contributed by atoms with Crippen molar-refractivity contribution in [1.82, 2.24) is 25.4 Å². The Morgan fingerprint density at radius 2 is 1.94 bits per heavy atom. The van der Waals surface area contributed by atoms with E-state index in [-0.39, 0.29) is 24.3 Å². The number of benzene rings is 2. The molecule has 0 bridgehead atoms. The molecule has 0 radical (unpaired) electrons. The number of hydrogen-bond donors (Lipinski definition) is 4. The molecular formula is C23H24ClN7O3. The van der Waals surface area contributed by atoms with Crippen LogP contribution in [0.4, 0.5) is 17.5 Å². The maximum atomic E-state index is 11.6. The van der Waals surface area contributed by atoms with Crippen LogP contribution in [0.2, 0.25) is 5.02 Å². The first kappa shape index (κ1) is 24.6. The van der Waals surface area contributed by atoms with Gasteiger partial charge in [0.05, 0.1) is 16.1 Å². The Bertz CT molecular complexity index is 1250. The molecule has 0 atom stereocenters. The van der Waals surface area contributed by atoms with Gasteiger partial charge in [-0.2, -0.15) is 9.97 Å². The van der Waals surface area contributed by atoms with Crippen molar-refractivity contribution in [3.63, 3.8) is 0 Å². The average Bonchev–Trinajstić information content (AvgIpc) is 3.26. The monoisotopic (exact) mass is 481 g/mol. The lowest BCUT2D eigenvalue weighted by Gasteiger charge is -2.09. The molecule has 0 aliphatic heterocycles. The van der Waals surface area contributed by atoms with Gasteiger partial charge in [-0.1, -0.05) is 47.1 Å². The minimum Gasteiger partial charge on any atom is -0.396 e. The number of aryl methyl sites for hydroxylation is 1. The van der Waals surface area contributed by atoms with E-state index >= 15 is 0 Å². The van der Waals surface area contributed by atoms with E-state index in [1.807, 2.05) is 30.3 Å². The van der Waals surface area contributed by atoms with E-state index in [2.05, 4.69) is 30.7 Å². The summed E-state index contributed by atoms with van der Waals surface area (Å²) in [6.45, 7) is 1.92. The third-order valence-electron chi connectivity index (χ3n) is 4.53. The lowest BCUT2D eigenvalue weighted by molar-refractivity contribution is 0.0963. The molecule has 34 heavy (non-hydrogen) atoms. The number of nitrogen functional groups attached to an aromatic ring is 1. The lowest BCUT2D eigenvalue weighted by atomic mass is 10.2. The van der Waals surface area contributed by atoms with E-state index in [4.69, 9.17) is 27.0 Å². The molecule has 4 aromatic rings. The summed E-state index contributed by atoms with van der Waals surface area (Å²) in [5, 5.41) is 18.1. The van der Waals surface area contributed by atoms with Crippen molar-refractivity contribution < 1.29 is 14.4 Å². The van der Waals surface area contributed by atoms with Crippen molar-refractivity contribution in [2.45, 2.75) is 13.3 Å². The number of anilines is 3. The summed E-state index contributed by atoms with van der Waals surface area (Å²) in [6.07, 6.45) is 2.26. The molecular weight excluding hydrogens is 458 g/mol. The molecule has 5 N–H and O–H groups in total. The zero-order valence-electron chi connectivity index (χ0n) is 18.6. The van der Waals surface area contributed by atoms with Crippen molar-refractivity contribution in [3.05, 3.63) is 76.8 Å². The van der Waals surface area contributed by atoms with E-state index in [9.17, 15) is 4.79 Å². The van der Waals surface area contributed by atoms with Gasteiger partial charge in [0.15, 0.2) is 0 Å². The molecule has 2 heterocycles. The molecule has 176 valence electrons. The Labute approximate surface area is 201 Å². The minimum atomic E-state index is -0.267. The third-order valence-corrected chi connectivity index (χ3v) is 4.84. The summed E-state index contributed by atoms with van der Waals surface area (Å²) in [4.78, 5) is 24.1. The molecule has 1 amide bonds. The number of nitrogens with one attached hydrogen (secondary N) is 2. The second-order valence-electron chi connectivity index (χ2n) is 6.99. The van der Waals surface area contributed by atoms with Gasteiger partial charge < -0.3 is 26.0 Å². The summed E-state index contributed by atoms with van der Waals surface area (Å²) in [5.41, 5.74) is 8.58. The molecule has 0 aliphatic rings. The summed E-state index contributed by atoms with van der Waals surface area (Å²) in [6, 6.07) is 14.8. The number of rotatable bonds is 6. The number of amides is 1. The number of nitrogens with zero attached hydrogens (tertiary/aromatic N) is 4. The molecule has 0 unspecified atom stereocenters. The van der Waals surface area contributed by atoms with E-state index < -0.39 is 0 Å². The normalized spacial score (nSPS) is 10.2. The van der Waals surface area contributed by atoms with Crippen LogP contribution in [0.3, 0.4) is 0 Å². The van der Waals surface area contributed by atoms with Crippen LogP contribution in [0.1, 0.15) is 21.8 Å². The molecule has 10 nitrogen and oxygen atoms in total. The summed E-state index contributed by atoms with van der Waals surface area (Å²) < 4.78 is 4.92. The molecule has 11 heteroatoms. The Morgan fingerprint density at radius 1 is 1.18 bits per heavy atom. The Kier molecular flexibility index (Phi) is 8.49. The average molecular weight is 482 g/mol. The number of aliphatic hydroxyl groups excluding tert-OH is 1. The van der Waals surface area contributed by atoms with Crippen LogP contribution < -0.4 is 16.4 Å². The van der Waals surface area contributed by atoms with Gasteiger partial charge in [-0.3, -0.25) is 4.79 Å². The smallest absolute Gasteiger partial charge is 0.252 e. The highest BCUT2D eigenvalue weighted by Crippen LogP contribution is 2.25. The highest BCUT2D eigenvalue weighted by molar-refractivity contribution is 6.34. The highest BCUT2D eigenvalue weighted by Gasteiger charge is 2.13. The lowest BCUT2D eigenvalue weighted by Crippen LogP contribution is -2.18. The molecule has 0 spiro atoms. The number of halogens is 1. The maximum Gasteiger partial charge on any atom is 0.252 e. The number of hydrogen-bond acceptors (Lipinski definition) is 9. The molecule has 0 aliphatic carbocycles. The third kappa shape index (κ3) is 6.50. The van der Waals surface area contributed by atoms with E-state index in [0.29, 0.717) is 33.6 Å². The van der Waals surface area contributed by atoms with Crippen molar-refractivity contribution in [2.24, 2.45) is 0 Å². The van der Waals surface area contributed by atoms with Crippen molar-refractivity contribution in [1.29, 1.82) is 0 Å². The van der Waals surface area contributed by atoms with Gasteiger partial charge in [0.1, 0.15) is 5.82 Å². The van der Waals surface area contributed by atoms with Crippen LogP contribution in [0.5, 0.6) is 0 Å². The Balaban J connectivity index is 0.000000302. The fourth-order valence-corrected chi connectivity index (χ4v) is 3.12. The minimum absolute atomic E-state index is 0.200. The molecule has 2 aromatic heterocycles. The van der Waals surface area contributed by atoms with Gasteiger partial charge in [-0.05, 0) is 30.2 Å². The van der Waals surface area contributed by atoms with Crippen LogP contribution in [-0.2, 0) is 6.42 Å². The van der Waals surface area contributed by atoms with Gasteiger partial charge >= 0.3 is 0 Å². The standard InChI is InChI=1S/C15H14ClN7O2.C8H10O/c1-7-20-13(23-25-7)10-6-19-15(22-12(10)17)21-8-3-4-9(11(16)5-8)14(24)18-2;9-7-6-8-4-2-1-3-5-8/h3-6H,1-2H3,(H,18,24)(H3,17,19,21,22);1-5,9H,6-7H2. The fourth-order valence-electron chi connectivity index (χ4n) is 2.85. The van der Waals surface area contributed by atoms with E-state index in [0.717, 1.165) is 6.42 Å². The van der Waals surface area contributed by atoms with Crippen molar-refractivity contribution in [2.75, 3.05) is 24.7 Å². The van der Waals surface area contributed by atoms with Crippen LogP contribution in [0, 0.1) is 6.92 Å². The second-order valence-corrected chi connectivity index (χ2v) is 7.39. The molecule has 0 saturated carbocycles. The number of nitrogens with two attached hydrogens (primary N) is 1. The topological polar surface area (TPSA) is 152 Å². The molecule has 4 rings (SSSR count). The van der Waals surface area contributed by atoms with Crippen LogP contribution >= 0.6 is 11.6 Å². The first-order valence-corrected chi connectivity index (χ1v) is 10.7. The first-order valence-electron chi connectivity index (χ1n) is 10.3. The molecule has 2 aromatic carbocycles. The van der Waals surface area contributed by atoms with E-state index in [1.165, 1.54) is 18.8 Å². The van der Waals surface area contributed by atoms with Crippen molar-refractivity contribution in [3.8, 4) is 11.4 Å². The van der Waals surface area contributed by atoms with Crippen LogP contribution in [-0.4, -0.2) is 44.8 Å². The molecule has 0 saturated heterocycles. The number of carbonyl (C=O) groups excluding carboxylic acids is 1. The van der Waals surface area contributed by atoms with Gasteiger partial charge in [0.25, 0.3) is 5.91 Å². The number of aromatic nitrogens is 4. The zero-order valence-corrected chi connectivity index (χ0v) is 19.4. The van der Waals surface area contributed by atoms with E-state index in [1.54, 1.807) is 25.1 Å². The first-order chi connectivity index (χ1) is 16.4. The fraction of sp³-hybridized carbons (Fsp3) is 0.174. The Morgan fingerprint density at radius 3 is 2.53 bits per heavy atom. The van der Waals surface area contributed by atoms with Gasteiger partial charge in [0.2, 0.25) is 17.7 Å². The SMILES string of the molecule is CNC(=O)c1ccc(Nc2ncc(-c3noc(C)n3)c(N)n2)cc1Cl.OCCc1ccccc1. The second kappa shape index (κ2) is 11.7. The number of carbonyl (C=O) groups is 1. The largest absolute Gasteiger partial charge is 0.396 e. The van der Waals surface area contributed by atoms with Crippen molar-refractivity contribution >= 4 is 35.0 Å². The summed E-state index contributed by atoms with van der Waals surface area (Å²) in [5.74, 6) is 0.940. The van der Waals surface area contributed by atoms with Gasteiger partial charge in [-0.15, -0.1) is 0 Å². The summed E-state index contributed by atoms with van der Waals surface area (Å²) in [7, 11) is 1.54. The van der Waals surface area contributed by atoms with Gasteiger partial charge in [-0.25, -0.2) is 4.98 Å².